The Labute approximate surface area is 104 Å². The monoisotopic (exact) mass is 234 g/mol. The van der Waals surface area contributed by atoms with Crippen molar-refractivity contribution in [1.82, 2.24) is 14.6 Å². The molecule has 0 aliphatic carbocycles. The second-order valence-electron chi connectivity index (χ2n) is 4.05. The maximum absolute atomic E-state index is 9.00. The van der Waals surface area contributed by atoms with E-state index in [9.17, 15) is 0 Å². The van der Waals surface area contributed by atoms with Gasteiger partial charge in [0.1, 0.15) is 11.6 Å². The Kier molecular flexibility index (Phi) is 2.31. The number of hydrogen-bond donors (Lipinski definition) is 0. The molecule has 0 saturated carbocycles. The summed E-state index contributed by atoms with van der Waals surface area (Å²) in [6.07, 6.45) is 3.25. The minimum atomic E-state index is 0.491. The van der Waals surface area contributed by atoms with Gasteiger partial charge in [0.15, 0.2) is 5.65 Å². The van der Waals surface area contributed by atoms with E-state index >= 15 is 0 Å². The average molecular weight is 234 g/mol. The summed E-state index contributed by atoms with van der Waals surface area (Å²) in [6.45, 7) is 2.05. The van der Waals surface area contributed by atoms with Crippen LogP contribution in [-0.2, 0) is 0 Å². The second-order valence-corrected chi connectivity index (χ2v) is 4.05. The van der Waals surface area contributed by atoms with Gasteiger partial charge in [-0.1, -0.05) is 24.3 Å². The van der Waals surface area contributed by atoms with Gasteiger partial charge in [-0.05, 0) is 18.6 Å². The third-order valence-electron chi connectivity index (χ3n) is 2.94. The first-order valence-electron chi connectivity index (χ1n) is 5.60. The average Bonchev–Trinajstić information content (AvgIpc) is 2.82. The van der Waals surface area contributed by atoms with E-state index in [0.29, 0.717) is 11.2 Å². The van der Waals surface area contributed by atoms with E-state index < -0.39 is 0 Å². The zero-order chi connectivity index (χ0) is 12.5. The first-order chi connectivity index (χ1) is 8.81. The van der Waals surface area contributed by atoms with Gasteiger partial charge in [-0.25, -0.2) is 9.50 Å². The molecule has 0 radical (unpaired) electrons. The lowest BCUT2D eigenvalue weighted by molar-refractivity contribution is 0.946. The molecule has 4 nitrogen and oxygen atoms in total. The molecule has 2 heterocycles. The van der Waals surface area contributed by atoms with Crippen LogP contribution in [0.25, 0.3) is 16.9 Å². The third-order valence-corrected chi connectivity index (χ3v) is 2.94. The number of aromatic nitrogens is 3. The van der Waals surface area contributed by atoms with Gasteiger partial charge in [0.2, 0.25) is 0 Å². The smallest absolute Gasteiger partial charge is 0.173 e. The Morgan fingerprint density at radius 2 is 2.06 bits per heavy atom. The molecular formula is C14H10N4. The van der Waals surface area contributed by atoms with Crippen LogP contribution in [0.4, 0.5) is 0 Å². The zero-order valence-corrected chi connectivity index (χ0v) is 9.83. The van der Waals surface area contributed by atoms with E-state index in [2.05, 4.69) is 29.1 Å². The highest BCUT2D eigenvalue weighted by atomic mass is 15.3. The Balaban J connectivity index is 2.35. The molecule has 2 aromatic heterocycles. The molecule has 0 amide bonds. The van der Waals surface area contributed by atoms with Gasteiger partial charge in [-0.3, -0.25) is 0 Å². The molecule has 18 heavy (non-hydrogen) atoms. The Bertz CT molecular complexity index is 765. The lowest BCUT2D eigenvalue weighted by Crippen LogP contribution is -1.97. The van der Waals surface area contributed by atoms with Crippen LogP contribution in [-0.4, -0.2) is 14.6 Å². The normalized spacial score (nSPS) is 10.4. The van der Waals surface area contributed by atoms with Crippen molar-refractivity contribution in [2.45, 2.75) is 6.92 Å². The summed E-state index contributed by atoms with van der Waals surface area (Å²) in [4.78, 5) is 4.21. The lowest BCUT2D eigenvalue weighted by Gasteiger charge is -2.07. The summed E-state index contributed by atoms with van der Waals surface area (Å²) in [7, 11) is 0. The van der Waals surface area contributed by atoms with E-state index in [0.717, 1.165) is 11.3 Å². The summed E-state index contributed by atoms with van der Waals surface area (Å²) >= 11 is 0. The topological polar surface area (TPSA) is 54.0 Å². The lowest BCUT2D eigenvalue weighted by atomic mass is 10.1. The Morgan fingerprint density at radius 1 is 1.22 bits per heavy atom. The van der Waals surface area contributed by atoms with Gasteiger partial charge in [0.25, 0.3) is 0 Å². The van der Waals surface area contributed by atoms with Gasteiger partial charge in [0.05, 0.1) is 11.9 Å². The molecule has 0 spiro atoms. The number of nitrogens with zero attached hydrogens (tertiary/aromatic N) is 4. The van der Waals surface area contributed by atoms with Crippen LogP contribution in [0.3, 0.4) is 0 Å². The molecule has 1 aromatic carbocycles. The van der Waals surface area contributed by atoms with Crippen LogP contribution < -0.4 is 0 Å². The summed E-state index contributed by atoms with van der Waals surface area (Å²) in [6, 6.07) is 12.1. The van der Waals surface area contributed by atoms with E-state index in [-0.39, 0.29) is 0 Å². The van der Waals surface area contributed by atoms with Crippen molar-refractivity contribution in [3.05, 3.63) is 53.9 Å². The second kappa shape index (κ2) is 3.97. The van der Waals surface area contributed by atoms with Crippen LogP contribution in [0.15, 0.2) is 42.7 Å². The van der Waals surface area contributed by atoms with Crippen molar-refractivity contribution >= 4 is 5.65 Å². The summed E-state index contributed by atoms with van der Waals surface area (Å²) in [5.41, 5.74) is 4.29. The van der Waals surface area contributed by atoms with Crippen molar-refractivity contribution in [1.29, 1.82) is 5.26 Å². The Hall–Kier alpha value is -2.67. The van der Waals surface area contributed by atoms with Crippen molar-refractivity contribution in [3.8, 4) is 17.3 Å². The van der Waals surface area contributed by atoms with Gasteiger partial charge < -0.3 is 0 Å². The number of hydrogen-bond acceptors (Lipinski definition) is 3. The van der Waals surface area contributed by atoms with Gasteiger partial charge in [-0.2, -0.15) is 10.4 Å². The van der Waals surface area contributed by atoms with Crippen molar-refractivity contribution in [2.75, 3.05) is 0 Å². The van der Waals surface area contributed by atoms with E-state index in [1.54, 1.807) is 16.9 Å². The number of nitriles is 1. The SMILES string of the molecule is Cc1ccccc1-c1ccnc2c(C#N)cnn12. The number of benzene rings is 1. The summed E-state index contributed by atoms with van der Waals surface area (Å²) in [5.74, 6) is 0. The van der Waals surface area contributed by atoms with Crippen LogP contribution in [0.1, 0.15) is 11.1 Å². The Morgan fingerprint density at radius 3 is 2.83 bits per heavy atom. The maximum Gasteiger partial charge on any atom is 0.173 e. The molecule has 0 atom stereocenters. The highest BCUT2D eigenvalue weighted by Crippen LogP contribution is 2.23. The first kappa shape index (κ1) is 10.5. The molecule has 0 bridgehead atoms. The molecule has 0 N–H and O–H groups in total. The molecule has 0 fully saturated rings. The molecule has 4 heteroatoms. The number of rotatable bonds is 1. The molecule has 0 aliphatic heterocycles. The fourth-order valence-corrected chi connectivity index (χ4v) is 2.03. The van der Waals surface area contributed by atoms with Crippen LogP contribution in [0.2, 0.25) is 0 Å². The van der Waals surface area contributed by atoms with E-state index in [1.807, 2.05) is 24.3 Å². The highest BCUT2D eigenvalue weighted by Gasteiger charge is 2.10. The number of aryl methyl sites for hydroxylation is 1. The standard InChI is InChI=1S/C14H10N4/c1-10-4-2-3-5-12(10)13-6-7-16-14-11(8-15)9-17-18(13)14/h2-7,9H,1H3. The molecule has 3 aromatic rings. The fraction of sp³-hybridized carbons (Fsp3) is 0.0714. The predicted octanol–water partition coefficient (Wildman–Crippen LogP) is 2.58. The minimum Gasteiger partial charge on any atom is -0.236 e. The molecule has 3 rings (SSSR count). The third kappa shape index (κ3) is 1.45. The van der Waals surface area contributed by atoms with Crippen LogP contribution in [0, 0.1) is 18.3 Å². The predicted molar refractivity (Wildman–Crippen MR) is 67.9 cm³/mol. The fourth-order valence-electron chi connectivity index (χ4n) is 2.03. The molecule has 0 aliphatic rings. The van der Waals surface area contributed by atoms with Crippen molar-refractivity contribution < 1.29 is 0 Å². The maximum atomic E-state index is 9.00. The van der Waals surface area contributed by atoms with Gasteiger partial charge in [-0.15, -0.1) is 0 Å². The van der Waals surface area contributed by atoms with Crippen LogP contribution >= 0.6 is 0 Å². The van der Waals surface area contributed by atoms with Crippen molar-refractivity contribution in [3.63, 3.8) is 0 Å². The quantitative estimate of drug-likeness (QED) is 0.650. The zero-order valence-electron chi connectivity index (χ0n) is 9.83. The summed E-state index contributed by atoms with van der Waals surface area (Å²) in [5, 5.41) is 13.2. The van der Waals surface area contributed by atoms with Gasteiger partial charge >= 0.3 is 0 Å². The molecule has 0 saturated heterocycles. The molecule has 86 valence electrons. The van der Waals surface area contributed by atoms with Gasteiger partial charge in [0, 0.05) is 11.8 Å². The highest BCUT2D eigenvalue weighted by molar-refractivity contribution is 5.67. The van der Waals surface area contributed by atoms with Crippen LogP contribution in [0.5, 0.6) is 0 Å². The molecule has 0 unspecified atom stereocenters. The molecular weight excluding hydrogens is 224 g/mol. The van der Waals surface area contributed by atoms with E-state index in [1.165, 1.54) is 5.56 Å². The first-order valence-corrected chi connectivity index (χ1v) is 5.60. The summed E-state index contributed by atoms with van der Waals surface area (Å²) < 4.78 is 1.71. The minimum absolute atomic E-state index is 0.491. The van der Waals surface area contributed by atoms with E-state index in [4.69, 9.17) is 5.26 Å². The number of fused-ring (bicyclic) bond motifs is 1. The van der Waals surface area contributed by atoms with Crippen molar-refractivity contribution in [2.24, 2.45) is 0 Å². The largest absolute Gasteiger partial charge is 0.236 e.